The van der Waals surface area contributed by atoms with Crippen LogP contribution in [0.2, 0.25) is 5.02 Å². The number of nitrogens with one attached hydrogen (secondary N) is 1. The maximum Gasteiger partial charge on any atom is 0.0469 e. The van der Waals surface area contributed by atoms with Crippen LogP contribution in [0.3, 0.4) is 0 Å². The fourth-order valence-electron chi connectivity index (χ4n) is 2.84. The average Bonchev–Trinajstić information content (AvgIpc) is 2.42. The number of rotatable bonds is 4. The summed E-state index contributed by atoms with van der Waals surface area (Å²) in [6.45, 7) is 9.13. The first kappa shape index (κ1) is 14.8. The van der Waals surface area contributed by atoms with Crippen molar-refractivity contribution in [3.8, 4) is 0 Å². The highest BCUT2D eigenvalue weighted by Crippen LogP contribution is 2.35. The Balaban J connectivity index is 2.29. The second-order valence-electron chi connectivity index (χ2n) is 5.44. The van der Waals surface area contributed by atoms with Crippen LogP contribution >= 0.6 is 11.6 Å². The molecule has 0 bridgehead atoms. The van der Waals surface area contributed by atoms with Crippen LogP contribution in [0, 0.1) is 19.8 Å². The lowest BCUT2D eigenvalue weighted by Crippen LogP contribution is -2.32. The van der Waals surface area contributed by atoms with Gasteiger partial charge in [-0.05, 0) is 61.9 Å². The van der Waals surface area contributed by atoms with Crippen molar-refractivity contribution in [1.82, 2.24) is 5.32 Å². The van der Waals surface area contributed by atoms with Crippen molar-refractivity contribution in [2.45, 2.75) is 39.7 Å². The number of hydrogen-bond acceptors (Lipinski definition) is 2. The standard InChI is InChI=1S/C16H24ClNO/c1-4-18-16(13-5-7-19-8-6-13)14-9-11(2)12(3)10-15(14)17/h9-10,13,16,18H,4-8H2,1-3H3. The van der Waals surface area contributed by atoms with Crippen LogP contribution < -0.4 is 5.32 Å². The normalized spacial score (nSPS) is 18.5. The van der Waals surface area contributed by atoms with E-state index in [0.717, 1.165) is 37.6 Å². The lowest BCUT2D eigenvalue weighted by atomic mass is 9.86. The minimum absolute atomic E-state index is 0.348. The van der Waals surface area contributed by atoms with Gasteiger partial charge in [0.05, 0.1) is 0 Å². The van der Waals surface area contributed by atoms with E-state index in [4.69, 9.17) is 16.3 Å². The molecule has 1 unspecified atom stereocenters. The number of aryl methyl sites for hydroxylation is 2. The predicted molar refractivity (Wildman–Crippen MR) is 80.9 cm³/mol. The first-order valence-electron chi connectivity index (χ1n) is 7.21. The molecule has 1 atom stereocenters. The Labute approximate surface area is 121 Å². The molecule has 1 aromatic carbocycles. The second-order valence-corrected chi connectivity index (χ2v) is 5.85. The molecule has 0 aliphatic carbocycles. The zero-order chi connectivity index (χ0) is 13.8. The van der Waals surface area contributed by atoms with Crippen molar-refractivity contribution in [3.05, 3.63) is 33.8 Å². The zero-order valence-electron chi connectivity index (χ0n) is 12.1. The van der Waals surface area contributed by atoms with Crippen molar-refractivity contribution >= 4 is 11.6 Å². The minimum atomic E-state index is 0.348. The summed E-state index contributed by atoms with van der Waals surface area (Å²) in [7, 11) is 0. The van der Waals surface area contributed by atoms with Gasteiger partial charge in [0.1, 0.15) is 0 Å². The van der Waals surface area contributed by atoms with Crippen LogP contribution in [0.25, 0.3) is 0 Å². The van der Waals surface area contributed by atoms with Crippen LogP contribution in [0.5, 0.6) is 0 Å². The van der Waals surface area contributed by atoms with E-state index in [1.807, 2.05) is 0 Å². The van der Waals surface area contributed by atoms with Crippen molar-refractivity contribution in [1.29, 1.82) is 0 Å². The summed E-state index contributed by atoms with van der Waals surface area (Å²) in [5.41, 5.74) is 3.82. The van der Waals surface area contributed by atoms with Crippen LogP contribution in [-0.2, 0) is 4.74 Å². The van der Waals surface area contributed by atoms with Gasteiger partial charge >= 0.3 is 0 Å². The Morgan fingerprint density at radius 3 is 2.53 bits per heavy atom. The Morgan fingerprint density at radius 2 is 1.89 bits per heavy atom. The van der Waals surface area contributed by atoms with Gasteiger partial charge in [0.2, 0.25) is 0 Å². The van der Waals surface area contributed by atoms with Gasteiger partial charge < -0.3 is 10.1 Å². The molecule has 1 fully saturated rings. The Hall–Kier alpha value is -0.570. The first-order valence-corrected chi connectivity index (χ1v) is 7.59. The fraction of sp³-hybridized carbons (Fsp3) is 0.625. The van der Waals surface area contributed by atoms with E-state index >= 15 is 0 Å². The summed E-state index contributed by atoms with van der Waals surface area (Å²) in [5, 5.41) is 4.51. The third kappa shape index (κ3) is 3.50. The quantitative estimate of drug-likeness (QED) is 0.899. The zero-order valence-corrected chi connectivity index (χ0v) is 12.9. The summed E-state index contributed by atoms with van der Waals surface area (Å²) < 4.78 is 5.48. The molecule has 3 heteroatoms. The molecule has 2 nitrogen and oxygen atoms in total. The molecule has 0 amide bonds. The van der Waals surface area contributed by atoms with Gasteiger partial charge in [-0.1, -0.05) is 24.6 Å². The highest BCUT2D eigenvalue weighted by molar-refractivity contribution is 6.31. The van der Waals surface area contributed by atoms with Gasteiger partial charge in [0.25, 0.3) is 0 Å². The summed E-state index contributed by atoms with van der Waals surface area (Å²) in [4.78, 5) is 0. The van der Waals surface area contributed by atoms with E-state index in [2.05, 4.69) is 38.2 Å². The number of hydrogen-bond donors (Lipinski definition) is 1. The van der Waals surface area contributed by atoms with E-state index in [9.17, 15) is 0 Å². The van der Waals surface area contributed by atoms with Crippen LogP contribution in [0.15, 0.2) is 12.1 Å². The molecule has 0 aromatic heterocycles. The Bertz CT molecular complexity index is 427. The average molecular weight is 282 g/mol. The predicted octanol–water partition coefficient (Wildman–Crippen LogP) is 4.03. The van der Waals surface area contributed by atoms with Gasteiger partial charge in [-0.3, -0.25) is 0 Å². The second kappa shape index (κ2) is 6.74. The molecule has 1 N–H and O–H groups in total. The topological polar surface area (TPSA) is 21.3 Å². The van der Waals surface area contributed by atoms with Crippen molar-refractivity contribution in [2.75, 3.05) is 19.8 Å². The molecule has 0 saturated carbocycles. The molecule has 2 rings (SSSR count). The smallest absolute Gasteiger partial charge is 0.0469 e. The van der Waals surface area contributed by atoms with E-state index in [1.54, 1.807) is 0 Å². The first-order chi connectivity index (χ1) is 9.13. The molecular formula is C16H24ClNO. The lowest BCUT2D eigenvalue weighted by Gasteiger charge is -2.32. The number of benzene rings is 1. The molecule has 106 valence electrons. The largest absolute Gasteiger partial charge is 0.381 e. The van der Waals surface area contributed by atoms with E-state index in [1.165, 1.54) is 16.7 Å². The highest BCUT2D eigenvalue weighted by Gasteiger charge is 2.26. The molecular weight excluding hydrogens is 258 g/mol. The van der Waals surface area contributed by atoms with E-state index in [0.29, 0.717) is 12.0 Å². The molecule has 1 aliphatic rings. The summed E-state index contributed by atoms with van der Waals surface area (Å²) in [5.74, 6) is 0.619. The number of ether oxygens (including phenoxy) is 1. The van der Waals surface area contributed by atoms with E-state index in [-0.39, 0.29) is 0 Å². The third-order valence-electron chi connectivity index (χ3n) is 4.11. The van der Waals surface area contributed by atoms with Gasteiger partial charge in [-0.25, -0.2) is 0 Å². The summed E-state index contributed by atoms with van der Waals surface area (Å²) in [6.07, 6.45) is 2.22. The molecule has 0 spiro atoms. The maximum absolute atomic E-state index is 6.48. The molecule has 0 radical (unpaired) electrons. The van der Waals surface area contributed by atoms with Gasteiger partial charge in [-0.15, -0.1) is 0 Å². The van der Waals surface area contributed by atoms with Crippen molar-refractivity contribution < 1.29 is 4.74 Å². The SMILES string of the molecule is CCNC(c1cc(C)c(C)cc1Cl)C1CCOCC1. The minimum Gasteiger partial charge on any atom is -0.381 e. The van der Waals surface area contributed by atoms with Gasteiger partial charge in [0.15, 0.2) is 0 Å². The Morgan fingerprint density at radius 1 is 1.26 bits per heavy atom. The maximum atomic E-state index is 6.48. The molecule has 1 saturated heterocycles. The lowest BCUT2D eigenvalue weighted by molar-refractivity contribution is 0.0538. The van der Waals surface area contributed by atoms with Gasteiger partial charge in [-0.2, -0.15) is 0 Å². The highest BCUT2D eigenvalue weighted by atomic mass is 35.5. The molecule has 19 heavy (non-hydrogen) atoms. The van der Waals surface area contributed by atoms with Crippen LogP contribution in [0.1, 0.15) is 42.5 Å². The number of halogens is 1. The third-order valence-corrected chi connectivity index (χ3v) is 4.44. The Kier molecular flexibility index (Phi) is 5.26. The van der Waals surface area contributed by atoms with Gasteiger partial charge in [0, 0.05) is 24.3 Å². The molecule has 1 aliphatic heterocycles. The van der Waals surface area contributed by atoms with Crippen LogP contribution in [0.4, 0.5) is 0 Å². The summed E-state index contributed by atoms with van der Waals surface area (Å²) >= 11 is 6.48. The monoisotopic (exact) mass is 281 g/mol. The van der Waals surface area contributed by atoms with Crippen molar-refractivity contribution in [2.24, 2.45) is 5.92 Å². The van der Waals surface area contributed by atoms with E-state index < -0.39 is 0 Å². The van der Waals surface area contributed by atoms with Crippen molar-refractivity contribution in [3.63, 3.8) is 0 Å². The molecule has 1 heterocycles. The van der Waals surface area contributed by atoms with Crippen LogP contribution in [-0.4, -0.2) is 19.8 Å². The summed E-state index contributed by atoms with van der Waals surface area (Å²) in [6, 6.07) is 4.69. The fourth-order valence-corrected chi connectivity index (χ4v) is 3.18. The molecule has 1 aromatic rings.